The number of carbonyl (C=O) groups is 1. The van der Waals surface area contributed by atoms with Gasteiger partial charge in [-0.1, -0.05) is 17.7 Å². The Balaban J connectivity index is 0.00000324. The summed E-state index contributed by atoms with van der Waals surface area (Å²) in [6.45, 7) is 4.82. The van der Waals surface area contributed by atoms with Crippen LogP contribution in [0, 0.1) is 18.2 Å². The van der Waals surface area contributed by atoms with Crippen molar-refractivity contribution in [2.45, 2.75) is 26.8 Å². The summed E-state index contributed by atoms with van der Waals surface area (Å²) in [5, 5.41) is 0.211. The predicted octanol–water partition coefficient (Wildman–Crippen LogP) is 3.41. The van der Waals surface area contributed by atoms with Crippen LogP contribution in [0.5, 0.6) is 0 Å². The van der Waals surface area contributed by atoms with Gasteiger partial charge in [0.2, 0.25) is 0 Å². The van der Waals surface area contributed by atoms with Crippen molar-refractivity contribution in [1.82, 2.24) is 0 Å². The van der Waals surface area contributed by atoms with Crippen LogP contribution in [-0.2, 0) is 9.53 Å². The van der Waals surface area contributed by atoms with Gasteiger partial charge in [-0.25, -0.2) is 4.39 Å². The molecule has 6 heteroatoms. The third kappa shape index (κ3) is 3.38. The number of hydrogen-bond donors (Lipinski definition) is 1. The highest BCUT2D eigenvalue weighted by atomic mass is 35.5. The number of halogens is 3. The number of hydrogen-bond acceptors (Lipinski definition) is 3. The van der Waals surface area contributed by atoms with Gasteiger partial charge in [0.15, 0.2) is 0 Å². The molecule has 0 bridgehead atoms. The van der Waals surface area contributed by atoms with Crippen LogP contribution in [0.3, 0.4) is 0 Å². The normalized spacial score (nSPS) is 12.6. The van der Waals surface area contributed by atoms with E-state index in [0.717, 1.165) is 0 Å². The maximum absolute atomic E-state index is 14.1. The molecule has 0 unspecified atom stereocenters. The molecule has 1 aromatic rings. The lowest BCUT2D eigenvalue weighted by Crippen LogP contribution is -2.38. The Hall–Kier alpha value is -0.840. The quantitative estimate of drug-likeness (QED) is 0.871. The van der Waals surface area contributed by atoms with E-state index in [0.29, 0.717) is 5.56 Å². The van der Waals surface area contributed by atoms with Gasteiger partial charge in [0.1, 0.15) is 5.82 Å². The molecule has 0 spiro atoms. The minimum Gasteiger partial charge on any atom is -0.469 e. The first-order valence-electron chi connectivity index (χ1n) is 5.52. The zero-order valence-electron chi connectivity index (χ0n) is 11.3. The largest absolute Gasteiger partial charge is 0.469 e. The molecule has 0 radical (unpaired) electrons. The molecule has 0 saturated carbocycles. The smallest absolute Gasteiger partial charge is 0.313 e. The summed E-state index contributed by atoms with van der Waals surface area (Å²) in [6.07, 6.45) is 0. The fraction of sp³-hybridized carbons (Fsp3) is 0.462. The average Bonchev–Trinajstić information content (AvgIpc) is 2.33. The first kappa shape index (κ1) is 18.2. The number of rotatable bonds is 3. The summed E-state index contributed by atoms with van der Waals surface area (Å²) in [7, 11) is 1.27. The number of nitrogens with two attached hydrogens (primary N) is 1. The van der Waals surface area contributed by atoms with E-state index in [-0.39, 0.29) is 23.0 Å². The highest BCUT2D eigenvalue weighted by Gasteiger charge is 2.39. The van der Waals surface area contributed by atoms with Gasteiger partial charge in [-0.05, 0) is 32.4 Å². The van der Waals surface area contributed by atoms with E-state index in [9.17, 15) is 9.18 Å². The molecule has 0 fully saturated rings. The zero-order chi connectivity index (χ0) is 14.1. The molecule has 0 aromatic heterocycles. The summed E-state index contributed by atoms with van der Waals surface area (Å²) in [5.41, 5.74) is 5.51. The molecule has 0 heterocycles. The molecule has 19 heavy (non-hydrogen) atoms. The summed E-state index contributed by atoms with van der Waals surface area (Å²) in [6, 6.07) is 2.26. The minimum absolute atomic E-state index is 0. The van der Waals surface area contributed by atoms with Crippen LogP contribution in [0.1, 0.15) is 31.0 Å². The molecule has 0 aliphatic rings. The van der Waals surface area contributed by atoms with Crippen molar-refractivity contribution >= 4 is 30.0 Å². The summed E-state index contributed by atoms with van der Waals surface area (Å²) in [5.74, 6) is -0.987. The van der Waals surface area contributed by atoms with Crippen molar-refractivity contribution in [3.63, 3.8) is 0 Å². The second kappa shape index (κ2) is 6.55. The molecule has 1 rings (SSSR count). The second-order valence-corrected chi connectivity index (χ2v) is 5.19. The molecule has 1 atom stereocenters. The lowest BCUT2D eigenvalue weighted by molar-refractivity contribution is -0.152. The Morgan fingerprint density at radius 3 is 2.47 bits per heavy atom. The maximum Gasteiger partial charge on any atom is 0.313 e. The molecule has 0 aliphatic carbocycles. The number of carbonyl (C=O) groups excluding carboxylic acids is 1. The lowest BCUT2D eigenvalue weighted by atomic mass is 9.80. The Bertz CT molecular complexity index is 478. The molecule has 3 nitrogen and oxygen atoms in total. The Kier molecular flexibility index (Phi) is 6.26. The Morgan fingerprint density at radius 2 is 2.00 bits per heavy atom. The molecule has 0 amide bonds. The van der Waals surface area contributed by atoms with Crippen molar-refractivity contribution < 1.29 is 13.9 Å². The van der Waals surface area contributed by atoms with Gasteiger partial charge in [-0.2, -0.15) is 0 Å². The van der Waals surface area contributed by atoms with E-state index in [1.165, 1.54) is 7.11 Å². The first-order chi connectivity index (χ1) is 8.23. The van der Waals surface area contributed by atoms with Crippen LogP contribution in [0.25, 0.3) is 0 Å². The van der Waals surface area contributed by atoms with Crippen LogP contribution in [0.15, 0.2) is 12.1 Å². The summed E-state index contributed by atoms with van der Waals surface area (Å²) < 4.78 is 18.8. The third-order valence-electron chi connectivity index (χ3n) is 3.12. The number of aryl methyl sites for hydroxylation is 1. The van der Waals surface area contributed by atoms with Gasteiger partial charge >= 0.3 is 5.97 Å². The van der Waals surface area contributed by atoms with Crippen LogP contribution >= 0.6 is 24.0 Å². The SMILES string of the molecule is COC(=O)C(C)(C)[C@@H](N)c1c(Cl)ccc(C)c1F.Cl. The van der Waals surface area contributed by atoms with Crippen molar-refractivity contribution in [3.05, 3.63) is 34.1 Å². The molecule has 108 valence electrons. The average molecular weight is 310 g/mol. The van der Waals surface area contributed by atoms with Gasteiger partial charge in [-0.15, -0.1) is 12.4 Å². The highest BCUT2D eigenvalue weighted by Crippen LogP contribution is 2.37. The zero-order valence-corrected chi connectivity index (χ0v) is 12.9. The third-order valence-corrected chi connectivity index (χ3v) is 3.45. The summed E-state index contributed by atoms with van der Waals surface area (Å²) >= 11 is 5.98. The van der Waals surface area contributed by atoms with Crippen LogP contribution in [0.4, 0.5) is 4.39 Å². The van der Waals surface area contributed by atoms with Gasteiger partial charge in [0, 0.05) is 16.6 Å². The Morgan fingerprint density at radius 1 is 1.47 bits per heavy atom. The van der Waals surface area contributed by atoms with Crippen LogP contribution in [0.2, 0.25) is 5.02 Å². The maximum atomic E-state index is 14.1. The van der Waals surface area contributed by atoms with Crippen molar-refractivity contribution in [1.29, 1.82) is 0 Å². The topological polar surface area (TPSA) is 52.3 Å². The van der Waals surface area contributed by atoms with E-state index in [1.54, 1.807) is 32.9 Å². The molecule has 2 N–H and O–H groups in total. The molecule has 1 aromatic carbocycles. The number of esters is 1. The number of ether oxygens (including phenoxy) is 1. The molecule has 0 aliphatic heterocycles. The molecular formula is C13H18Cl2FNO2. The van der Waals surface area contributed by atoms with Gasteiger partial charge in [0.25, 0.3) is 0 Å². The monoisotopic (exact) mass is 309 g/mol. The Labute approximate surface area is 123 Å². The fourth-order valence-electron chi connectivity index (χ4n) is 1.71. The van der Waals surface area contributed by atoms with Crippen LogP contribution in [-0.4, -0.2) is 13.1 Å². The fourth-order valence-corrected chi connectivity index (χ4v) is 1.98. The lowest BCUT2D eigenvalue weighted by Gasteiger charge is -2.30. The first-order valence-corrected chi connectivity index (χ1v) is 5.89. The van der Waals surface area contributed by atoms with E-state index in [4.69, 9.17) is 17.3 Å². The van der Waals surface area contributed by atoms with E-state index < -0.39 is 23.2 Å². The van der Waals surface area contributed by atoms with E-state index in [2.05, 4.69) is 4.74 Å². The minimum atomic E-state index is -1.06. The molecule has 0 saturated heterocycles. The van der Waals surface area contributed by atoms with Gasteiger partial charge in [0.05, 0.1) is 12.5 Å². The van der Waals surface area contributed by atoms with E-state index in [1.807, 2.05) is 0 Å². The van der Waals surface area contributed by atoms with Crippen molar-refractivity contribution in [2.24, 2.45) is 11.1 Å². The molecular weight excluding hydrogens is 292 g/mol. The van der Waals surface area contributed by atoms with Crippen molar-refractivity contribution in [2.75, 3.05) is 7.11 Å². The summed E-state index contributed by atoms with van der Waals surface area (Å²) in [4.78, 5) is 11.7. The second-order valence-electron chi connectivity index (χ2n) is 4.78. The highest BCUT2D eigenvalue weighted by molar-refractivity contribution is 6.31. The predicted molar refractivity (Wildman–Crippen MR) is 76.1 cm³/mol. The van der Waals surface area contributed by atoms with Gasteiger partial charge < -0.3 is 10.5 Å². The standard InChI is InChI=1S/C13H17ClFNO2.ClH/c1-7-5-6-8(14)9(10(7)15)11(16)13(2,3)12(17)18-4;/h5-6,11H,16H2,1-4H3;1H/t11-;/m0./s1. The number of methoxy groups -OCH3 is 1. The van der Waals surface area contributed by atoms with Crippen LogP contribution < -0.4 is 5.73 Å². The van der Waals surface area contributed by atoms with E-state index >= 15 is 0 Å². The van der Waals surface area contributed by atoms with Gasteiger partial charge in [-0.3, -0.25) is 4.79 Å². The number of benzene rings is 1. The van der Waals surface area contributed by atoms with Crippen molar-refractivity contribution in [3.8, 4) is 0 Å².